The van der Waals surface area contributed by atoms with E-state index < -0.39 is 0 Å². The van der Waals surface area contributed by atoms with Gasteiger partial charge < -0.3 is 4.74 Å². The summed E-state index contributed by atoms with van der Waals surface area (Å²) >= 11 is 0. The van der Waals surface area contributed by atoms with Crippen LogP contribution in [-0.4, -0.2) is 13.2 Å². The first kappa shape index (κ1) is 7.63. The lowest BCUT2D eigenvalue weighted by atomic mass is 9.80. The lowest BCUT2D eigenvalue weighted by Gasteiger charge is -2.31. The predicted molar refractivity (Wildman–Crippen MR) is 41.6 cm³/mol. The minimum Gasteiger partial charge on any atom is -0.381 e. The molecular formula is C9H14O. The molecule has 56 valence electrons. The molecule has 0 N–H and O–H groups in total. The second kappa shape index (κ2) is 3.07. The van der Waals surface area contributed by atoms with Gasteiger partial charge >= 0.3 is 0 Å². The van der Waals surface area contributed by atoms with Crippen LogP contribution in [0, 0.1) is 17.8 Å². The zero-order valence-electron chi connectivity index (χ0n) is 6.52. The van der Waals surface area contributed by atoms with E-state index in [1.165, 1.54) is 0 Å². The molecule has 1 aliphatic rings. The van der Waals surface area contributed by atoms with E-state index >= 15 is 0 Å². The Kier molecular flexibility index (Phi) is 2.34. The van der Waals surface area contributed by atoms with Gasteiger partial charge in [0.2, 0.25) is 0 Å². The van der Waals surface area contributed by atoms with E-state index in [0.29, 0.717) is 5.41 Å². The van der Waals surface area contributed by atoms with Crippen molar-refractivity contribution < 1.29 is 4.74 Å². The molecule has 0 saturated carbocycles. The van der Waals surface area contributed by atoms with Crippen LogP contribution in [-0.2, 0) is 4.74 Å². The topological polar surface area (TPSA) is 9.23 Å². The molecule has 1 nitrogen and oxygen atoms in total. The maximum absolute atomic E-state index is 5.25. The molecule has 0 aromatic rings. The molecule has 1 fully saturated rings. The Morgan fingerprint density at radius 3 is 2.60 bits per heavy atom. The Bertz CT molecular complexity index is 137. The molecule has 0 atom stereocenters. The molecule has 0 aromatic carbocycles. The van der Waals surface area contributed by atoms with Crippen molar-refractivity contribution >= 4 is 0 Å². The summed E-state index contributed by atoms with van der Waals surface area (Å²) in [6.45, 7) is 4.02. The summed E-state index contributed by atoms with van der Waals surface area (Å²) in [6.07, 6.45) is 8.40. The molecule has 0 bridgehead atoms. The molecule has 10 heavy (non-hydrogen) atoms. The minimum atomic E-state index is 0.368. The number of ether oxygens (including phenoxy) is 1. The van der Waals surface area contributed by atoms with Crippen LogP contribution in [0.5, 0.6) is 0 Å². The summed E-state index contributed by atoms with van der Waals surface area (Å²) in [5, 5.41) is 0. The second-order valence-electron chi connectivity index (χ2n) is 3.30. The smallest absolute Gasteiger partial charge is 0.0471 e. The number of terminal acetylenes is 1. The zero-order chi connectivity index (χ0) is 7.45. The minimum absolute atomic E-state index is 0.368. The molecule has 0 spiro atoms. The van der Waals surface area contributed by atoms with Crippen molar-refractivity contribution in [1.82, 2.24) is 0 Å². The molecule has 1 heterocycles. The first-order valence-corrected chi connectivity index (χ1v) is 3.78. The molecule has 0 aromatic heterocycles. The van der Waals surface area contributed by atoms with Crippen molar-refractivity contribution in [2.45, 2.75) is 26.2 Å². The van der Waals surface area contributed by atoms with Crippen LogP contribution >= 0.6 is 0 Å². The molecule has 0 radical (unpaired) electrons. The van der Waals surface area contributed by atoms with Gasteiger partial charge in [-0.25, -0.2) is 0 Å². The predicted octanol–water partition coefficient (Wildman–Crippen LogP) is 1.83. The van der Waals surface area contributed by atoms with Crippen LogP contribution in [0.2, 0.25) is 0 Å². The molecular weight excluding hydrogens is 124 g/mol. The Morgan fingerprint density at radius 1 is 1.50 bits per heavy atom. The van der Waals surface area contributed by atoms with Crippen molar-refractivity contribution in [3.63, 3.8) is 0 Å². The molecule has 0 amide bonds. The third-order valence-electron chi connectivity index (χ3n) is 2.23. The van der Waals surface area contributed by atoms with Crippen LogP contribution in [0.25, 0.3) is 0 Å². The molecule has 1 aliphatic heterocycles. The van der Waals surface area contributed by atoms with Gasteiger partial charge in [-0.3, -0.25) is 0 Å². The average Bonchev–Trinajstić information content (AvgIpc) is 1.89. The van der Waals surface area contributed by atoms with Gasteiger partial charge in [0.25, 0.3) is 0 Å². The van der Waals surface area contributed by atoms with Gasteiger partial charge in [-0.05, 0) is 18.3 Å². The lowest BCUT2D eigenvalue weighted by Crippen LogP contribution is -2.25. The van der Waals surface area contributed by atoms with Crippen molar-refractivity contribution in [3.05, 3.63) is 0 Å². The fourth-order valence-corrected chi connectivity index (χ4v) is 1.29. The highest BCUT2D eigenvalue weighted by Crippen LogP contribution is 2.32. The van der Waals surface area contributed by atoms with E-state index in [1.807, 2.05) is 0 Å². The maximum atomic E-state index is 5.25. The molecule has 1 saturated heterocycles. The summed E-state index contributed by atoms with van der Waals surface area (Å²) in [5.41, 5.74) is 0.368. The zero-order valence-corrected chi connectivity index (χ0v) is 6.52. The summed E-state index contributed by atoms with van der Waals surface area (Å²) < 4.78 is 5.24. The fraction of sp³-hybridized carbons (Fsp3) is 0.778. The molecule has 0 unspecified atom stereocenters. The Morgan fingerprint density at radius 2 is 2.10 bits per heavy atom. The van der Waals surface area contributed by atoms with Gasteiger partial charge in [-0.1, -0.05) is 6.92 Å². The third-order valence-corrected chi connectivity index (χ3v) is 2.23. The highest BCUT2D eigenvalue weighted by atomic mass is 16.5. The van der Waals surface area contributed by atoms with Gasteiger partial charge in [0, 0.05) is 19.6 Å². The van der Waals surface area contributed by atoms with Crippen LogP contribution in [0.4, 0.5) is 0 Å². The van der Waals surface area contributed by atoms with Crippen LogP contribution < -0.4 is 0 Å². The standard InChI is InChI=1S/C9H14O/c1-3-4-9(2)5-7-10-8-6-9/h1H,4-8H2,2H3. The van der Waals surface area contributed by atoms with E-state index in [0.717, 1.165) is 32.5 Å². The number of hydrogen-bond acceptors (Lipinski definition) is 1. The monoisotopic (exact) mass is 138 g/mol. The maximum Gasteiger partial charge on any atom is 0.0471 e. The molecule has 0 aliphatic carbocycles. The van der Waals surface area contributed by atoms with Gasteiger partial charge in [-0.15, -0.1) is 12.3 Å². The van der Waals surface area contributed by atoms with Crippen molar-refractivity contribution in [2.75, 3.05) is 13.2 Å². The van der Waals surface area contributed by atoms with Gasteiger partial charge in [0.1, 0.15) is 0 Å². The Labute approximate surface area is 62.8 Å². The Hall–Kier alpha value is -0.480. The van der Waals surface area contributed by atoms with Gasteiger partial charge in [0.05, 0.1) is 0 Å². The van der Waals surface area contributed by atoms with E-state index in [-0.39, 0.29) is 0 Å². The van der Waals surface area contributed by atoms with E-state index in [9.17, 15) is 0 Å². The normalized spacial score (nSPS) is 23.6. The van der Waals surface area contributed by atoms with Crippen LogP contribution in [0.15, 0.2) is 0 Å². The highest BCUT2D eigenvalue weighted by Gasteiger charge is 2.25. The number of hydrogen-bond donors (Lipinski definition) is 0. The van der Waals surface area contributed by atoms with E-state index in [4.69, 9.17) is 11.2 Å². The quantitative estimate of drug-likeness (QED) is 0.502. The highest BCUT2D eigenvalue weighted by molar-refractivity contribution is 4.93. The van der Waals surface area contributed by atoms with Crippen LogP contribution in [0.1, 0.15) is 26.2 Å². The van der Waals surface area contributed by atoms with Crippen molar-refractivity contribution in [3.8, 4) is 12.3 Å². The molecule has 1 heteroatoms. The summed E-state index contributed by atoms with van der Waals surface area (Å²) in [4.78, 5) is 0. The van der Waals surface area contributed by atoms with Crippen LogP contribution in [0.3, 0.4) is 0 Å². The first-order chi connectivity index (χ1) is 4.77. The average molecular weight is 138 g/mol. The number of rotatable bonds is 1. The van der Waals surface area contributed by atoms with E-state index in [1.54, 1.807) is 0 Å². The second-order valence-corrected chi connectivity index (χ2v) is 3.30. The van der Waals surface area contributed by atoms with Crippen molar-refractivity contribution in [2.24, 2.45) is 5.41 Å². The first-order valence-electron chi connectivity index (χ1n) is 3.78. The van der Waals surface area contributed by atoms with Gasteiger partial charge in [-0.2, -0.15) is 0 Å². The third kappa shape index (κ3) is 1.75. The summed E-state index contributed by atoms with van der Waals surface area (Å²) in [7, 11) is 0. The summed E-state index contributed by atoms with van der Waals surface area (Å²) in [5.74, 6) is 2.72. The largest absolute Gasteiger partial charge is 0.381 e. The van der Waals surface area contributed by atoms with Gasteiger partial charge in [0.15, 0.2) is 0 Å². The molecule has 1 rings (SSSR count). The SMILES string of the molecule is C#CCC1(C)CCOCC1. The Balaban J connectivity index is 2.42. The van der Waals surface area contributed by atoms with E-state index in [2.05, 4.69) is 12.8 Å². The fourth-order valence-electron chi connectivity index (χ4n) is 1.29. The van der Waals surface area contributed by atoms with Crippen molar-refractivity contribution in [1.29, 1.82) is 0 Å². The summed E-state index contributed by atoms with van der Waals surface area (Å²) in [6, 6.07) is 0. The lowest BCUT2D eigenvalue weighted by molar-refractivity contribution is 0.0263.